The first-order valence-electron chi connectivity index (χ1n) is 7.55. The van der Waals surface area contributed by atoms with Gasteiger partial charge in [-0.15, -0.1) is 0 Å². The molecular weight excluding hydrogens is 393 g/mol. The fourth-order valence-corrected chi connectivity index (χ4v) is 3.20. The highest BCUT2D eigenvalue weighted by molar-refractivity contribution is 14.1. The first-order chi connectivity index (χ1) is 10.7. The maximum absolute atomic E-state index is 12.0. The van der Waals surface area contributed by atoms with Gasteiger partial charge in [-0.2, -0.15) is 0 Å². The van der Waals surface area contributed by atoms with Crippen molar-refractivity contribution in [3.63, 3.8) is 0 Å². The van der Waals surface area contributed by atoms with Gasteiger partial charge in [-0.25, -0.2) is 0 Å². The van der Waals surface area contributed by atoms with E-state index in [0.717, 1.165) is 38.2 Å². The number of fused-ring (bicyclic) bond motifs is 1. The number of hydrogen-bond donors (Lipinski definition) is 2. The minimum Gasteiger partial charge on any atom is -0.379 e. The molecule has 1 aliphatic rings. The molecule has 1 aromatic carbocycles. The van der Waals surface area contributed by atoms with E-state index in [2.05, 4.69) is 56.0 Å². The van der Waals surface area contributed by atoms with Crippen LogP contribution < -0.4 is 5.32 Å². The van der Waals surface area contributed by atoms with Gasteiger partial charge in [0.05, 0.1) is 19.8 Å². The Morgan fingerprint density at radius 1 is 1.36 bits per heavy atom. The maximum Gasteiger partial charge on any atom is 0.234 e. The van der Waals surface area contributed by atoms with E-state index in [1.54, 1.807) is 0 Å². The molecule has 1 fully saturated rings. The number of rotatable bonds is 5. The number of halogens is 1. The molecule has 6 heteroatoms. The summed E-state index contributed by atoms with van der Waals surface area (Å²) in [6.45, 7) is 4.27. The number of morpholine rings is 1. The van der Waals surface area contributed by atoms with E-state index in [-0.39, 0.29) is 5.91 Å². The summed E-state index contributed by atoms with van der Waals surface area (Å²) in [7, 11) is 0. The molecule has 0 aliphatic carbocycles. The molecule has 1 saturated heterocycles. The summed E-state index contributed by atoms with van der Waals surface area (Å²) in [6.07, 6.45) is 2.88. The number of hydrogen-bond acceptors (Lipinski definition) is 3. The van der Waals surface area contributed by atoms with Crippen molar-refractivity contribution in [2.75, 3.05) is 39.4 Å². The van der Waals surface area contributed by atoms with Gasteiger partial charge in [-0.1, -0.05) is 0 Å². The number of carbonyl (C=O) groups is 1. The van der Waals surface area contributed by atoms with Gasteiger partial charge in [0.15, 0.2) is 0 Å². The lowest BCUT2D eigenvalue weighted by Gasteiger charge is -2.25. The molecule has 22 heavy (non-hydrogen) atoms. The van der Waals surface area contributed by atoms with E-state index < -0.39 is 0 Å². The van der Waals surface area contributed by atoms with Crippen LogP contribution in [-0.4, -0.2) is 55.2 Å². The van der Waals surface area contributed by atoms with Crippen molar-refractivity contribution in [2.24, 2.45) is 0 Å². The Hall–Kier alpha value is -1.12. The number of nitrogens with one attached hydrogen (secondary N) is 2. The van der Waals surface area contributed by atoms with E-state index in [4.69, 9.17) is 4.74 Å². The molecule has 0 saturated carbocycles. The predicted molar refractivity (Wildman–Crippen MR) is 95.0 cm³/mol. The van der Waals surface area contributed by atoms with E-state index in [1.165, 1.54) is 14.5 Å². The van der Waals surface area contributed by atoms with E-state index in [1.807, 2.05) is 6.20 Å². The molecule has 1 amide bonds. The van der Waals surface area contributed by atoms with E-state index >= 15 is 0 Å². The Morgan fingerprint density at radius 3 is 3.00 bits per heavy atom. The van der Waals surface area contributed by atoms with Crippen LogP contribution in [-0.2, 0) is 16.0 Å². The number of aromatic nitrogens is 1. The Labute approximate surface area is 143 Å². The van der Waals surface area contributed by atoms with Crippen LogP contribution in [0.3, 0.4) is 0 Å². The van der Waals surface area contributed by atoms with Gasteiger partial charge in [-0.3, -0.25) is 9.69 Å². The van der Waals surface area contributed by atoms with Crippen LogP contribution in [0.2, 0.25) is 0 Å². The molecule has 2 heterocycles. The summed E-state index contributed by atoms with van der Waals surface area (Å²) < 4.78 is 6.51. The topological polar surface area (TPSA) is 57.4 Å². The lowest BCUT2D eigenvalue weighted by molar-refractivity contribution is -0.123. The van der Waals surface area contributed by atoms with Crippen molar-refractivity contribution >= 4 is 39.4 Å². The van der Waals surface area contributed by atoms with Crippen LogP contribution in [0.4, 0.5) is 0 Å². The lowest BCUT2D eigenvalue weighted by atomic mass is 10.1. The Bertz CT molecular complexity index is 650. The first-order valence-corrected chi connectivity index (χ1v) is 8.62. The molecule has 0 bridgehead atoms. The number of benzene rings is 1. The smallest absolute Gasteiger partial charge is 0.234 e. The molecule has 0 atom stereocenters. The zero-order valence-corrected chi connectivity index (χ0v) is 14.6. The Balaban J connectivity index is 1.49. The normalized spacial score (nSPS) is 16.0. The Morgan fingerprint density at radius 2 is 2.18 bits per heavy atom. The molecule has 0 unspecified atom stereocenters. The quantitative estimate of drug-likeness (QED) is 0.735. The van der Waals surface area contributed by atoms with E-state index in [0.29, 0.717) is 13.1 Å². The highest BCUT2D eigenvalue weighted by Crippen LogP contribution is 2.21. The molecule has 118 valence electrons. The fraction of sp³-hybridized carbons (Fsp3) is 0.438. The zero-order valence-electron chi connectivity index (χ0n) is 12.4. The van der Waals surface area contributed by atoms with Crippen LogP contribution in [0.25, 0.3) is 10.9 Å². The van der Waals surface area contributed by atoms with E-state index in [9.17, 15) is 4.79 Å². The monoisotopic (exact) mass is 413 g/mol. The minimum atomic E-state index is 0.0938. The molecule has 1 aromatic heterocycles. The second-order valence-electron chi connectivity index (χ2n) is 5.49. The summed E-state index contributed by atoms with van der Waals surface area (Å²) in [5.41, 5.74) is 2.40. The van der Waals surface area contributed by atoms with Gasteiger partial charge < -0.3 is 15.0 Å². The van der Waals surface area contributed by atoms with Crippen molar-refractivity contribution in [1.29, 1.82) is 0 Å². The maximum atomic E-state index is 12.0. The standard InChI is InChI=1S/C16H20IN3O2/c17-13-1-2-15-14(9-13)12(10-19-15)3-4-18-16(21)11-20-5-7-22-8-6-20/h1-2,9-10,19H,3-8,11H2,(H,18,21). The van der Waals surface area contributed by atoms with Gasteiger partial charge >= 0.3 is 0 Å². The van der Waals surface area contributed by atoms with Gasteiger partial charge in [-0.05, 0) is 52.8 Å². The lowest BCUT2D eigenvalue weighted by Crippen LogP contribution is -2.43. The molecular formula is C16H20IN3O2. The number of aromatic amines is 1. The van der Waals surface area contributed by atoms with Gasteiger partial charge in [0.25, 0.3) is 0 Å². The summed E-state index contributed by atoms with van der Waals surface area (Å²) in [5.74, 6) is 0.0938. The number of ether oxygens (including phenoxy) is 1. The molecule has 2 aromatic rings. The van der Waals surface area contributed by atoms with Gasteiger partial charge in [0, 0.05) is 40.3 Å². The molecule has 0 spiro atoms. The molecule has 5 nitrogen and oxygen atoms in total. The molecule has 0 radical (unpaired) electrons. The summed E-state index contributed by atoms with van der Waals surface area (Å²) in [5, 5.41) is 4.26. The summed E-state index contributed by atoms with van der Waals surface area (Å²) in [4.78, 5) is 17.4. The van der Waals surface area contributed by atoms with Crippen LogP contribution in [0.5, 0.6) is 0 Å². The van der Waals surface area contributed by atoms with Crippen molar-refractivity contribution < 1.29 is 9.53 Å². The minimum absolute atomic E-state index is 0.0938. The average molecular weight is 413 g/mol. The second-order valence-corrected chi connectivity index (χ2v) is 6.74. The SMILES string of the molecule is O=C(CN1CCOCC1)NCCc1c[nH]c2ccc(I)cc12. The van der Waals surface area contributed by atoms with Crippen molar-refractivity contribution in [2.45, 2.75) is 6.42 Å². The molecule has 2 N–H and O–H groups in total. The summed E-state index contributed by atoms with van der Waals surface area (Å²) >= 11 is 2.32. The largest absolute Gasteiger partial charge is 0.379 e. The van der Waals surface area contributed by atoms with Crippen LogP contribution >= 0.6 is 22.6 Å². The molecule has 1 aliphatic heterocycles. The average Bonchev–Trinajstić information content (AvgIpc) is 2.91. The zero-order chi connectivity index (χ0) is 15.4. The third kappa shape index (κ3) is 3.99. The van der Waals surface area contributed by atoms with Crippen LogP contribution in [0, 0.1) is 3.57 Å². The van der Waals surface area contributed by atoms with Crippen LogP contribution in [0.1, 0.15) is 5.56 Å². The number of H-pyrrole nitrogens is 1. The third-order valence-corrected chi connectivity index (χ3v) is 4.59. The first kappa shape index (κ1) is 15.8. The van der Waals surface area contributed by atoms with Crippen molar-refractivity contribution in [1.82, 2.24) is 15.2 Å². The van der Waals surface area contributed by atoms with Crippen molar-refractivity contribution in [3.8, 4) is 0 Å². The molecule has 3 rings (SSSR count). The number of carbonyl (C=O) groups excluding carboxylic acids is 1. The highest BCUT2D eigenvalue weighted by atomic mass is 127. The van der Waals surface area contributed by atoms with Gasteiger partial charge in [0.2, 0.25) is 5.91 Å². The summed E-state index contributed by atoms with van der Waals surface area (Å²) in [6, 6.07) is 6.36. The van der Waals surface area contributed by atoms with Crippen molar-refractivity contribution in [3.05, 3.63) is 33.5 Å². The van der Waals surface area contributed by atoms with Crippen LogP contribution in [0.15, 0.2) is 24.4 Å². The number of nitrogens with zero attached hydrogens (tertiary/aromatic N) is 1. The highest BCUT2D eigenvalue weighted by Gasteiger charge is 2.13. The fourth-order valence-electron chi connectivity index (χ4n) is 2.71. The van der Waals surface area contributed by atoms with Gasteiger partial charge in [0.1, 0.15) is 0 Å². The Kier molecular flexibility index (Phi) is 5.32. The third-order valence-electron chi connectivity index (χ3n) is 3.92. The predicted octanol–water partition coefficient (Wildman–Crippen LogP) is 1.76. The second kappa shape index (κ2) is 7.43. The number of amides is 1.